The van der Waals surface area contributed by atoms with Gasteiger partial charge in [-0.1, -0.05) is 24.6 Å². The zero-order valence-electron chi connectivity index (χ0n) is 10.7. The summed E-state index contributed by atoms with van der Waals surface area (Å²) >= 11 is 5.92. The average molecular weight is 263 g/mol. The molecule has 2 aromatic rings. The van der Waals surface area contributed by atoms with Crippen molar-refractivity contribution in [2.24, 2.45) is 0 Å². The van der Waals surface area contributed by atoms with Gasteiger partial charge in [0.1, 0.15) is 16.7 Å². The van der Waals surface area contributed by atoms with Gasteiger partial charge in [0.2, 0.25) is 5.88 Å². The van der Waals surface area contributed by atoms with Crippen LogP contribution in [0.25, 0.3) is 0 Å². The molecule has 4 heteroatoms. The van der Waals surface area contributed by atoms with Gasteiger partial charge in [-0.15, -0.1) is 0 Å². The van der Waals surface area contributed by atoms with Crippen LogP contribution < -0.4 is 4.74 Å². The maximum absolute atomic E-state index is 5.92. The number of hydrogen-bond donors (Lipinski definition) is 0. The Hall–Kier alpha value is -1.61. The van der Waals surface area contributed by atoms with Crippen molar-refractivity contribution in [3.63, 3.8) is 0 Å². The summed E-state index contributed by atoms with van der Waals surface area (Å²) in [5.41, 5.74) is 2.42. The molecule has 0 unspecified atom stereocenters. The van der Waals surface area contributed by atoms with E-state index in [2.05, 4.69) is 16.9 Å². The highest BCUT2D eigenvalue weighted by atomic mass is 35.5. The fourth-order valence-electron chi connectivity index (χ4n) is 1.55. The van der Waals surface area contributed by atoms with E-state index in [0.29, 0.717) is 16.9 Å². The lowest BCUT2D eigenvalue weighted by atomic mass is 10.1. The third-order valence-corrected chi connectivity index (χ3v) is 2.93. The van der Waals surface area contributed by atoms with Crippen LogP contribution in [0.5, 0.6) is 11.6 Å². The number of aryl methyl sites for hydroxylation is 3. The van der Waals surface area contributed by atoms with Crippen molar-refractivity contribution in [2.45, 2.75) is 27.2 Å². The van der Waals surface area contributed by atoms with Crippen molar-refractivity contribution in [1.82, 2.24) is 9.97 Å². The molecule has 2 rings (SSSR count). The minimum absolute atomic E-state index is 0.403. The molecule has 1 aromatic heterocycles. The van der Waals surface area contributed by atoms with Gasteiger partial charge in [0.25, 0.3) is 0 Å². The van der Waals surface area contributed by atoms with E-state index in [1.807, 2.05) is 32.0 Å². The molecule has 0 saturated heterocycles. The fraction of sp³-hybridized carbons (Fsp3) is 0.286. The van der Waals surface area contributed by atoms with E-state index < -0.39 is 0 Å². The molecule has 0 spiro atoms. The van der Waals surface area contributed by atoms with Crippen LogP contribution in [0.1, 0.15) is 23.9 Å². The van der Waals surface area contributed by atoms with Gasteiger partial charge in [-0.2, -0.15) is 4.98 Å². The lowest BCUT2D eigenvalue weighted by Crippen LogP contribution is -1.96. The second-order valence-electron chi connectivity index (χ2n) is 4.15. The fourth-order valence-corrected chi connectivity index (χ4v) is 1.74. The number of benzene rings is 1. The number of hydrogen-bond acceptors (Lipinski definition) is 3. The molecule has 0 aliphatic rings. The summed E-state index contributed by atoms with van der Waals surface area (Å²) in [7, 11) is 0. The molecule has 0 aliphatic heterocycles. The molecule has 0 atom stereocenters. The Morgan fingerprint density at radius 3 is 2.56 bits per heavy atom. The molecular formula is C14H15ClN2O. The van der Waals surface area contributed by atoms with Crippen LogP contribution in [-0.4, -0.2) is 9.97 Å². The smallest absolute Gasteiger partial charge is 0.224 e. The van der Waals surface area contributed by atoms with E-state index in [1.54, 1.807) is 6.07 Å². The van der Waals surface area contributed by atoms with Crippen LogP contribution in [0, 0.1) is 13.8 Å². The standard InChI is InChI=1S/C14H15ClN2O/c1-4-13-16-12(15)8-14(17-13)18-11-6-5-9(2)10(3)7-11/h5-8H,4H2,1-3H3. The van der Waals surface area contributed by atoms with E-state index in [0.717, 1.165) is 12.2 Å². The summed E-state index contributed by atoms with van der Waals surface area (Å²) in [6, 6.07) is 7.55. The molecule has 1 heterocycles. The van der Waals surface area contributed by atoms with Crippen LogP contribution in [0.4, 0.5) is 0 Å². The zero-order chi connectivity index (χ0) is 13.1. The van der Waals surface area contributed by atoms with Crippen molar-refractivity contribution in [2.75, 3.05) is 0 Å². The van der Waals surface area contributed by atoms with E-state index in [-0.39, 0.29) is 0 Å². The van der Waals surface area contributed by atoms with E-state index in [4.69, 9.17) is 16.3 Å². The Balaban J connectivity index is 2.27. The van der Waals surface area contributed by atoms with Gasteiger partial charge < -0.3 is 4.74 Å². The maximum atomic E-state index is 5.92. The van der Waals surface area contributed by atoms with Crippen molar-refractivity contribution >= 4 is 11.6 Å². The molecule has 1 aromatic carbocycles. The molecule has 3 nitrogen and oxygen atoms in total. The Labute approximate surface area is 112 Å². The van der Waals surface area contributed by atoms with Crippen molar-refractivity contribution in [3.8, 4) is 11.6 Å². The summed E-state index contributed by atoms with van der Waals surface area (Å²) in [6.45, 7) is 6.09. The van der Waals surface area contributed by atoms with Gasteiger partial charge in [-0.25, -0.2) is 4.98 Å². The Bertz CT molecular complexity index is 570. The first kappa shape index (κ1) is 12.8. The molecule has 18 heavy (non-hydrogen) atoms. The Morgan fingerprint density at radius 2 is 1.89 bits per heavy atom. The second kappa shape index (κ2) is 5.36. The summed E-state index contributed by atoms with van der Waals surface area (Å²) in [5.74, 6) is 1.92. The number of aromatic nitrogens is 2. The van der Waals surface area contributed by atoms with Crippen LogP contribution in [0.15, 0.2) is 24.3 Å². The largest absolute Gasteiger partial charge is 0.439 e. The van der Waals surface area contributed by atoms with Gasteiger partial charge in [0, 0.05) is 12.5 Å². The van der Waals surface area contributed by atoms with E-state index >= 15 is 0 Å². The number of ether oxygens (including phenoxy) is 1. The van der Waals surface area contributed by atoms with E-state index in [9.17, 15) is 0 Å². The zero-order valence-corrected chi connectivity index (χ0v) is 11.5. The highest BCUT2D eigenvalue weighted by Crippen LogP contribution is 2.23. The first-order valence-electron chi connectivity index (χ1n) is 5.87. The van der Waals surface area contributed by atoms with Crippen molar-refractivity contribution in [3.05, 3.63) is 46.4 Å². The highest BCUT2D eigenvalue weighted by Gasteiger charge is 2.05. The number of nitrogens with zero attached hydrogens (tertiary/aromatic N) is 2. The topological polar surface area (TPSA) is 35.0 Å². The van der Waals surface area contributed by atoms with Gasteiger partial charge in [0.05, 0.1) is 0 Å². The van der Waals surface area contributed by atoms with Gasteiger partial charge in [-0.3, -0.25) is 0 Å². The normalized spacial score (nSPS) is 10.4. The van der Waals surface area contributed by atoms with Gasteiger partial charge in [-0.05, 0) is 37.1 Å². The molecule has 0 N–H and O–H groups in total. The molecule has 0 aliphatic carbocycles. The van der Waals surface area contributed by atoms with E-state index in [1.165, 1.54) is 11.1 Å². The third-order valence-electron chi connectivity index (χ3n) is 2.73. The van der Waals surface area contributed by atoms with Crippen molar-refractivity contribution < 1.29 is 4.74 Å². The Kier molecular flexibility index (Phi) is 3.82. The lowest BCUT2D eigenvalue weighted by molar-refractivity contribution is 0.458. The van der Waals surface area contributed by atoms with Crippen molar-refractivity contribution in [1.29, 1.82) is 0 Å². The molecule has 94 valence electrons. The molecule has 0 bridgehead atoms. The summed E-state index contributed by atoms with van der Waals surface area (Å²) in [5, 5.41) is 0.403. The minimum atomic E-state index is 0.403. The predicted molar refractivity (Wildman–Crippen MR) is 72.4 cm³/mol. The molecule has 0 amide bonds. The summed E-state index contributed by atoms with van der Waals surface area (Å²) in [4.78, 5) is 8.38. The van der Waals surface area contributed by atoms with Gasteiger partial charge in [0.15, 0.2) is 0 Å². The first-order valence-corrected chi connectivity index (χ1v) is 6.25. The van der Waals surface area contributed by atoms with Crippen LogP contribution >= 0.6 is 11.6 Å². The number of halogens is 1. The number of rotatable bonds is 3. The molecule has 0 saturated carbocycles. The second-order valence-corrected chi connectivity index (χ2v) is 4.53. The van der Waals surface area contributed by atoms with Crippen LogP contribution in [0.2, 0.25) is 5.15 Å². The highest BCUT2D eigenvalue weighted by molar-refractivity contribution is 6.29. The summed E-state index contributed by atoms with van der Waals surface area (Å²) < 4.78 is 5.70. The average Bonchev–Trinajstić information content (AvgIpc) is 2.33. The van der Waals surface area contributed by atoms with Gasteiger partial charge >= 0.3 is 0 Å². The predicted octanol–water partition coefficient (Wildman–Crippen LogP) is 4.10. The monoisotopic (exact) mass is 262 g/mol. The molecule has 0 radical (unpaired) electrons. The minimum Gasteiger partial charge on any atom is -0.439 e. The maximum Gasteiger partial charge on any atom is 0.224 e. The molecule has 0 fully saturated rings. The van der Waals surface area contributed by atoms with Crippen LogP contribution in [-0.2, 0) is 6.42 Å². The Morgan fingerprint density at radius 1 is 1.11 bits per heavy atom. The first-order chi connectivity index (χ1) is 8.58. The van der Waals surface area contributed by atoms with Crippen LogP contribution in [0.3, 0.4) is 0 Å². The SMILES string of the molecule is CCc1nc(Cl)cc(Oc2ccc(C)c(C)c2)n1. The quantitative estimate of drug-likeness (QED) is 0.781. The molecular weight excluding hydrogens is 248 g/mol. The summed E-state index contributed by atoms with van der Waals surface area (Å²) in [6.07, 6.45) is 0.726. The third kappa shape index (κ3) is 2.99. The lowest BCUT2D eigenvalue weighted by Gasteiger charge is -2.08.